The number of thiazole rings is 1. The van der Waals surface area contributed by atoms with Gasteiger partial charge in [0, 0.05) is 11.3 Å². The molecule has 1 saturated carbocycles. The highest BCUT2D eigenvalue weighted by Crippen LogP contribution is 2.47. The number of hydrogen-bond acceptors (Lipinski definition) is 4. The fraction of sp³-hybridized carbons (Fsp3) is 0.267. The second-order valence-corrected chi connectivity index (χ2v) is 6.10. The molecule has 5 nitrogen and oxygen atoms in total. The standard InChI is InChI=1S/C15H13FN2O3S/c16-9-3-1-2-8(4-9)10-5-11(10)14(19)17-6-13-18-12(7-22-13)15(20)21/h1-4,7,10-11H,5-6H2,(H,17,19)(H,20,21)/t10-,11-/m0/s1. The van der Waals surface area contributed by atoms with Crippen LogP contribution in [0.2, 0.25) is 0 Å². The van der Waals surface area contributed by atoms with Crippen molar-refractivity contribution in [1.82, 2.24) is 10.3 Å². The molecule has 7 heteroatoms. The Morgan fingerprint density at radius 2 is 2.27 bits per heavy atom. The number of carboxylic acid groups (broad SMARTS) is 1. The Labute approximate surface area is 129 Å². The summed E-state index contributed by atoms with van der Waals surface area (Å²) in [5.41, 5.74) is 0.820. The van der Waals surface area contributed by atoms with Crippen LogP contribution >= 0.6 is 11.3 Å². The molecule has 1 aliphatic carbocycles. The number of rotatable bonds is 5. The lowest BCUT2D eigenvalue weighted by Gasteiger charge is -2.03. The van der Waals surface area contributed by atoms with Crippen molar-refractivity contribution in [3.8, 4) is 0 Å². The molecular weight excluding hydrogens is 307 g/mol. The van der Waals surface area contributed by atoms with Gasteiger partial charge >= 0.3 is 5.97 Å². The molecule has 0 bridgehead atoms. The summed E-state index contributed by atoms with van der Waals surface area (Å²) in [7, 11) is 0. The Morgan fingerprint density at radius 3 is 2.95 bits per heavy atom. The summed E-state index contributed by atoms with van der Waals surface area (Å²) in [5, 5.41) is 13.5. The lowest BCUT2D eigenvalue weighted by molar-refractivity contribution is -0.122. The van der Waals surface area contributed by atoms with E-state index in [0.717, 1.165) is 5.56 Å². The number of nitrogens with zero attached hydrogens (tertiary/aromatic N) is 1. The Kier molecular flexibility index (Phi) is 3.89. The number of aromatic carboxylic acids is 1. The van der Waals surface area contributed by atoms with Crippen LogP contribution in [0.4, 0.5) is 4.39 Å². The highest BCUT2D eigenvalue weighted by atomic mass is 32.1. The van der Waals surface area contributed by atoms with E-state index >= 15 is 0 Å². The lowest BCUT2D eigenvalue weighted by atomic mass is 10.1. The first-order valence-electron chi connectivity index (χ1n) is 6.75. The molecule has 1 fully saturated rings. The van der Waals surface area contributed by atoms with Crippen LogP contribution in [0.1, 0.15) is 33.4 Å². The summed E-state index contributed by atoms with van der Waals surface area (Å²) in [5.74, 6) is -1.58. The van der Waals surface area contributed by atoms with Crippen LogP contribution in [-0.2, 0) is 11.3 Å². The third kappa shape index (κ3) is 3.14. The Balaban J connectivity index is 1.54. The first-order chi connectivity index (χ1) is 10.5. The van der Waals surface area contributed by atoms with Crippen molar-refractivity contribution in [2.75, 3.05) is 0 Å². The molecule has 1 heterocycles. The van der Waals surface area contributed by atoms with E-state index in [0.29, 0.717) is 11.4 Å². The zero-order chi connectivity index (χ0) is 15.7. The maximum atomic E-state index is 13.2. The number of halogens is 1. The molecule has 1 aromatic carbocycles. The summed E-state index contributed by atoms with van der Waals surface area (Å²) in [6.07, 6.45) is 0.702. The molecule has 2 N–H and O–H groups in total. The van der Waals surface area contributed by atoms with Crippen molar-refractivity contribution in [3.63, 3.8) is 0 Å². The third-order valence-corrected chi connectivity index (χ3v) is 4.44. The van der Waals surface area contributed by atoms with Gasteiger partial charge in [0.15, 0.2) is 5.69 Å². The molecular formula is C15H13FN2O3S. The largest absolute Gasteiger partial charge is 0.476 e. The highest BCUT2D eigenvalue weighted by molar-refractivity contribution is 7.09. The van der Waals surface area contributed by atoms with Gasteiger partial charge in [-0.25, -0.2) is 14.2 Å². The number of hydrogen-bond donors (Lipinski definition) is 2. The fourth-order valence-electron chi connectivity index (χ4n) is 2.37. The molecule has 114 valence electrons. The van der Waals surface area contributed by atoms with E-state index < -0.39 is 5.97 Å². The van der Waals surface area contributed by atoms with Crippen LogP contribution in [-0.4, -0.2) is 22.0 Å². The summed E-state index contributed by atoms with van der Waals surface area (Å²) in [4.78, 5) is 26.7. The number of carbonyl (C=O) groups excluding carboxylic acids is 1. The average Bonchev–Trinajstić information content (AvgIpc) is 3.15. The Morgan fingerprint density at radius 1 is 1.45 bits per heavy atom. The van der Waals surface area contributed by atoms with Gasteiger partial charge in [0.05, 0.1) is 6.54 Å². The molecule has 2 aromatic rings. The van der Waals surface area contributed by atoms with Crippen LogP contribution in [0.3, 0.4) is 0 Å². The minimum Gasteiger partial charge on any atom is -0.476 e. The third-order valence-electron chi connectivity index (χ3n) is 3.59. The van der Waals surface area contributed by atoms with Crippen molar-refractivity contribution in [3.05, 3.63) is 51.7 Å². The summed E-state index contributed by atoms with van der Waals surface area (Å²) < 4.78 is 13.2. The van der Waals surface area contributed by atoms with Crippen molar-refractivity contribution in [1.29, 1.82) is 0 Å². The normalized spacial score (nSPS) is 19.7. The predicted octanol–water partition coefficient (Wildman–Crippen LogP) is 2.40. The molecule has 22 heavy (non-hydrogen) atoms. The number of amides is 1. The summed E-state index contributed by atoms with van der Waals surface area (Å²) >= 11 is 1.19. The first-order valence-corrected chi connectivity index (χ1v) is 7.63. The molecule has 3 rings (SSSR count). The predicted molar refractivity (Wildman–Crippen MR) is 78.2 cm³/mol. The second-order valence-electron chi connectivity index (χ2n) is 5.15. The molecule has 0 saturated heterocycles. The van der Waals surface area contributed by atoms with Crippen LogP contribution in [0, 0.1) is 11.7 Å². The molecule has 0 aliphatic heterocycles. The van der Waals surface area contributed by atoms with Crippen LogP contribution < -0.4 is 5.32 Å². The maximum absolute atomic E-state index is 13.2. The van der Waals surface area contributed by atoms with Crippen LogP contribution in [0.15, 0.2) is 29.6 Å². The molecule has 2 atom stereocenters. The SMILES string of the molecule is O=C(O)c1csc(CNC(=O)[C@H]2C[C@H]2c2cccc(F)c2)n1. The van der Waals surface area contributed by atoms with Crippen molar-refractivity contribution < 1.29 is 19.1 Å². The van der Waals surface area contributed by atoms with Crippen molar-refractivity contribution in [2.24, 2.45) is 5.92 Å². The maximum Gasteiger partial charge on any atom is 0.355 e. The van der Waals surface area contributed by atoms with Crippen LogP contribution in [0.5, 0.6) is 0 Å². The van der Waals surface area contributed by atoms with Gasteiger partial charge < -0.3 is 10.4 Å². The second kappa shape index (κ2) is 5.84. The van der Waals surface area contributed by atoms with E-state index in [1.165, 1.54) is 28.8 Å². The van der Waals surface area contributed by atoms with E-state index in [-0.39, 0.29) is 35.8 Å². The van der Waals surface area contributed by atoms with Crippen LogP contribution in [0.25, 0.3) is 0 Å². The summed E-state index contributed by atoms with van der Waals surface area (Å²) in [6, 6.07) is 6.29. The van der Waals surface area contributed by atoms with E-state index in [2.05, 4.69) is 10.3 Å². The number of aromatic nitrogens is 1. The zero-order valence-electron chi connectivity index (χ0n) is 11.5. The number of nitrogens with one attached hydrogen (secondary N) is 1. The van der Waals surface area contributed by atoms with Gasteiger partial charge in [-0.05, 0) is 30.0 Å². The van der Waals surface area contributed by atoms with Gasteiger partial charge in [-0.2, -0.15) is 0 Å². The average molecular weight is 320 g/mol. The molecule has 1 aliphatic rings. The van der Waals surface area contributed by atoms with E-state index in [9.17, 15) is 14.0 Å². The van der Waals surface area contributed by atoms with Crippen molar-refractivity contribution >= 4 is 23.2 Å². The molecule has 0 radical (unpaired) electrons. The van der Waals surface area contributed by atoms with Gasteiger partial charge in [-0.15, -0.1) is 11.3 Å². The molecule has 0 unspecified atom stereocenters. The lowest BCUT2D eigenvalue weighted by Crippen LogP contribution is -2.24. The minimum absolute atomic E-state index is 0.0155. The zero-order valence-corrected chi connectivity index (χ0v) is 12.3. The topological polar surface area (TPSA) is 79.3 Å². The van der Waals surface area contributed by atoms with E-state index in [1.807, 2.05) is 6.07 Å². The monoisotopic (exact) mass is 320 g/mol. The summed E-state index contributed by atoms with van der Waals surface area (Å²) in [6.45, 7) is 0.211. The highest BCUT2D eigenvalue weighted by Gasteiger charge is 2.43. The minimum atomic E-state index is -1.08. The van der Waals surface area contributed by atoms with Gasteiger partial charge in [-0.3, -0.25) is 4.79 Å². The number of benzene rings is 1. The quantitative estimate of drug-likeness (QED) is 0.886. The number of carboxylic acids is 1. The molecule has 1 aromatic heterocycles. The van der Waals surface area contributed by atoms with Gasteiger partial charge in [0.1, 0.15) is 10.8 Å². The van der Waals surface area contributed by atoms with Gasteiger partial charge in [-0.1, -0.05) is 12.1 Å². The van der Waals surface area contributed by atoms with Gasteiger partial charge in [0.2, 0.25) is 5.91 Å². The molecule has 0 spiro atoms. The van der Waals surface area contributed by atoms with E-state index in [4.69, 9.17) is 5.11 Å². The molecule has 1 amide bonds. The van der Waals surface area contributed by atoms with Gasteiger partial charge in [0.25, 0.3) is 0 Å². The van der Waals surface area contributed by atoms with Crippen molar-refractivity contribution in [2.45, 2.75) is 18.9 Å². The fourth-order valence-corrected chi connectivity index (χ4v) is 3.08. The first kappa shape index (κ1) is 14.6. The Hall–Kier alpha value is -2.28. The smallest absolute Gasteiger partial charge is 0.355 e. The van der Waals surface area contributed by atoms with E-state index in [1.54, 1.807) is 6.07 Å². The Bertz CT molecular complexity index is 731. The number of carbonyl (C=O) groups is 2.